The Kier molecular flexibility index (Phi) is 5.96. The lowest BCUT2D eigenvalue weighted by Crippen LogP contribution is -2.59. The van der Waals surface area contributed by atoms with E-state index in [-0.39, 0.29) is 11.6 Å². The molecule has 118 valence electrons. The second kappa shape index (κ2) is 7.32. The van der Waals surface area contributed by atoms with Gasteiger partial charge in [0.25, 0.3) is 0 Å². The smallest absolute Gasteiger partial charge is 0.0439 e. The van der Waals surface area contributed by atoms with Crippen LogP contribution in [0, 0.1) is 0 Å². The van der Waals surface area contributed by atoms with Crippen LogP contribution < -0.4 is 5.73 Å². The molecule has 1 aliphatic rings. The number of nitrogens with two attached hydrogens (primary N) is 1. The molecule has 0 spiro atoms. The summed E-state index contributed by atoms with van der Waals surface area (Å²) in [5.74, 6) is 0. The van der Waals surface area contributed by atoms with Gasteiger partial charge in [0.15, 0.2) is 0 Å². The minimum atomic E-state index is 0.0934. The van der Waals surface area contributed by atoms with E-state index in [0.29, 0.717) is 0 Å². The summed E-state index contributed by atoms with van der Waals surface area (Å²) in [6.45, 7) is 6.55. The minimum Gasteiger partial charge on any atom is -0.326 e. The summed E-state index contributed by atoms with van der Waals surface area (Å²) in [4.78, 5) is 2.54. The van der Waals surface area contributed by atoms with Gasteiger partial charge in [-0.2, -0.15) is 0 Å². The molecule has 1 atom stereocenters. The molecule has 21 heavy (non-hydrogen) atoms. The molecular weight excluding hydrogens is 303 g/mol. The monoisotopic (exact) mass is 328 g/mol. The van der Waals surface area contributed by atoms with Crippen LogP contribution in [0.25, 0.3) is 0 Å². The molecule has 0 saturated heterocycles. The van der Waals surface area contributed by atoms with Crippen LogP contribution in [0.1, 0.15) is 45.1 Å². The van der Waals surface area contributed by atoms with Crippen LogP contribution in [0.3, 0.4) is 0 Å². The van der Waals surface area contributed by atoms with Crippen LogP contribution in [-0.4, -0.2) is 29.6 Å². The number of nitrogens with zero attached hydrogens (tertiary/aromatic N) is 1. The fourth-order valence-electron chi connectivity index (χ4n) is 3.89. The molecule has 0 amide bonds. The molecule has 1 fully saturated rings. The highest BCUT2D eigenvalue weighted by Crippen LogP contribution is 2.39. The minimum absolute atomic E-state index is 0.0934. The predicted molar refractivity (Wildman–Crippen MR) is 92.3 cm³/mol. The molecule has 1 aromatic rings. The summed E-state index contributed by atoms with van der Waals surface area (Å²) in [5.41, 5.74) is 7.86. The number of rotatable bonds is 6. The second-order valence-corrected chi connectivity index (χ2v) is 6.87. The largest absolute Gasteiger partial charge is 0.326 e. The third-order valence-electron chi connectivity index (χ3n) is 5.00. The number of benzene rings is 1. The van der Waals surface area contributed by atoms with Gasteiger partial charge in [-0.15, -0.1) is 0 Å². The van der Waals surface area contributed by atoms with Crippen LogP contribution in [-0.2, 0) is 6.42 Å². The van der Waals surface area contributed by atoms with Crippen molar-refractivity contribution in [3.8, 4) is 0 Å². The maximum atomic E-state index is 6.67. The van der Waals surface area contributed by atoms with Crippen LogP contribution in [0.2, 0.25) is 10.0 Å². The van der Waals surface area contributed by atoms with Crippen molar-refractivity contribution in [3.63, 3.8) is 0 Å². The number of likely N-dealkylation sites (N-methyl/N-ethyl adjacent to an activating group) is 1. The van der Waals surface area contributed by atoms with Crippen molar-refractivity contribution in [2.45, 2.75) is 57.5 Å². The van der Waals surface area contributed by atoms with Gasteiger partial charge in [-0.1, -0.05) is 49.9 Å². The van der Waals surface area contributed by atoms with Gasteiger partial charge in [0.2, 0.25) is 0 Å². The molecule has 2 rings (SSSR count). The molecular formula is C17H26Cl2N2. The van der Waals surface area contributed by atoms with E-state index in [0.717, 1.165) is 35.1 Å². The molecule has 4 heteroatoms. The Morgan fingerprint density at radius 3 is 2.38 bits per heavy atom. The highest BCUT2D eigenvalue weighted by Gasteiger charge is 2.43. The second-order valence-electron chi connectivity index (χ2n) is 6.03. The van der Waals surface area contributed by atoms with Gasteiger partial charge in [0.1, 0.15) is 0 Å². The van der Waals surface area contributed by atoms with Gasteiger partial charge in [-0.05, 0) is 56.1 Å². The normalized spacial score (nSPS) is 19.1. The average Bonchev–Trinajstić information content (AvgIpc) is 2.95. The van der Waals surface area contributed by atoms with E-state index < -0.39 is 0 Å². The molecule has 0 aliphatic heterocycles. The Hall–Kier alpha value is -0.280. The number of hydrogen-bond donors (Lipinski definition) is 1. The first-order valence-corrected chi connectivity index (χ1v) is 8.73. The van der Waals surface area contributed by atoms with Gasteiger partial charge >= 0.3 is 0 Å². The van der Waals surface area contributed by atoms with Crippen LogP contribution in [0.15, 0.2) is 18.2 Å². The van der Waals surface area contributed by atoms with Crippen LogP contribution >= 0.6 is 23.2 Å². The Morgan fingerprint density at radius 2 is 1.81 bits per heavy atom. The zero-order chi connectivity index (χ0) is 15.5. The van der Waals surface area contributed by atoms with Crippen molar-refractivity contribution >= 4 is 23.2 Å². The zero-order valence-corrected chi connectivity index (χ0v) is 14.6. The SMILES string of the molecule is CCN(CC)C1(C(N)Cc2cc(Cl)ccc2Cl)CCCC1. The molecule has 0 radical (unpaired) electrons. The van der Waals surface area contributed by atoms with Crippen molar-refractivity contribution < 1.29 is 0 Å². The number of halogens is 2. The quantitative estimate of drug-likeness (QED) is 0.831. The van der Waals surface area contributed by atoms with E-state index in [4.69, 9.17) is 28.9 Å². The molecule has 1 saturated carbocycles. The zero-order valence-electron chi connectivity index (χ0n) is 13.0. The Bertz CT molecular complexity index is 466. The average molecular weight is 329 g/mol. The van der Waals surface area contributed by atoms with Crippen molar-refractivity contribution in [2.24, 2.45) is 5.73 Å². The lowest BCUT2D eigenvalue weighted by atomic mass is 9.83. The van der Waals surface area contributed by atoms with Gasteiger partial charge < -0.3 is 5.73 Å². The fourth-order valence-corrected chi connectivity index (χ4v) is 4.28. The maximum absolute atomic E-state index is 6.67. The van der Waals surface area contributed by atoms with Crippen molar-refractivity contribution in [1.82, 2.24) is 4.90 Å². The van der Waals surface area contributed by atoms with E-state index in [2.05, 4.69) is 18.7 Å². The van der Waals surface area contributed by atoms with E-state index in [1.165, 1.54) is 25.7 Å². The Labute approximate surface area is 138 Å². The van der Waals surface area contributed by atoms with E-state index in [1.54, 1.807) is 0 Å². The fraction of sp³-hybridized carbons (Fsp3) is 0.647. The van der Waals surface area contributed by atoms with Crippen molar-refractivity contribution in [2.75, 3.05) is 13.1 Å². The first-order valence-electron chi connectivity index (χ1n) is 7.98. The van der Waals surface area contributed by atoms with Gasteiger partial charge in [-0.3, -0.25) is 4.90 Å². The van der Waals surface area contributed by atoms with E-state index in [9.17, 15) is 0 Å². The molecule has 1 unspecified atom stereocenters. The molecule has 1 aliphatic carbocycles. The van der Waals surface area contributed by atoms with E-state index >= 15 is 0 Å². The standard InChI is InChI=1S/C17H26Cl2N2/c1-3-21(4-2)17(9-5-6-10-17)16(20)12-13-11-14(18)7-8-15(13)19/h7-8,11,16H,3-6,9-10,12,20H2,1-2H3. The highest BCUT2D eigenvalue weighted by molar-refractivity contribution is 6.33. The lowest BCUT2D eigenvalue weighted by molar-refractivity contribution is 0.0772. The Balaban J connectivity index is 2.23. The van der Waals surface area contributed by atoms with Crippen molar-refractivity contribution in [1.29, 1.82) is 0 Å². The van der Waals surface area contributed by atoms with Gasteiger partial charge in [0.05, 0.1) is 0 Å². The van der Waals surface area contributed by atoms with Crippen molar-refractivity contribution in [3.05, 3.63) is 33.8 Å². The molecule has 2 N–H and O–H groups in total. The topological polar surface area (TPSA) is 29.3 Å². The third-order valence-corrected chi connectivity index (χ3v) is 5.60. The van der Waals surface area contributed by atoms with Crippen LogP contribution in [0.5, 0.6) is 0 Å². The summed E-state index contributed by atoms with van der Waals surface area (Å²) in [5, 5.41) is 1.49. The summed E-state index contributed by atoms with van der Waals surface area (Å²) in [6, 6.07) is 5.74. The number of hydrogen-bond acceptors (Lipinski definition) is 2. The first kappa shape index (κ1) is 17.1. The highest BCUT2D eigenvalue weighted by atomic mass is 35.5. The molecule has 1 aromatic carbocycles. The summed E-state index contributed by atoms with van der Waals surface area (Å²) >= 11 is 12.4. The molecule has 0 heterocycles. The van der Waals surface area contributed by atoms with Crippen LogP contribution in [0.4, 0.5) is 0 Å². The van der Waals surface area contributed by atoms with E-state index in [1.807, 2.05) is 18.2 Å². The van der Waals surface area contributed by atoms with Gasteiger partial charge in [0, 0.05) is 21.6 Å². The third kappa shape index (κ3) is 3.56. The molecule has 0 aromatic heterocycles. The maximum Gasteiger partial charge on any atom is 0.0439 e. The summed E-state index contributed by atoms with van der Waals surface area (Å²) < 4.78 is 0. The molecule has 0 bridgehead atoms. The van der Waals surface area contributed by atoms with Gasteiger partial charge in [-0.25, -0.2) is 0 Å². The first-order chi connectivity index (χ1) is 10.0. The lowest BCUT2D eigenvalue weighted by Gasteiger charge is -2.45. The summed E-state index contributed by atoms with van der Waals surface area (Å²) in [6.07, 6.45) is 5.71. The molecule has 2 nitrogen and oxygen atoms in total. The summed E-state index contributed by atoms with van der Waals surface area (Å²) in [7, 11) is 0. The Morgan fingerprint density at radius 1 is 1.19 bits per heavy atom. The predicted octanol–water partition coefficient (Wildman–Crippen LogP) is 4.52.